The fourth-order valence-corrected chi connectivity index (χ4v) is 2.08. The lowest BCUT2D eigenvalue weighted by atomic mass is 10.2. The highest BCUT2D eigenvalue weighted by Gasteiger charge is 2.11. The van der Waals surface area contributed by atoms with E-state index in [1.165, 1.54) is 6.07 Å². The van der Waals surface area contributed by atoms with Crippen molar-refractivity contribution < 1.29 is 19.4 Å². The molecule has 0 spiro atoms. The van der Waals surface area contributed by atoms with Gasteiger partial charge in [0.05, 0.1) is 13.2 Å². The van der Waals surface area contributed by atoms with Crippen molar-refractivity contribution in [3.63, 3.8) is 0 Å². The Bertz CT molecular complexity index is 598. The number of hydrogen-bond acceptors (Lipinski definition) is 3. The Kier molecular flexibility index (Phi) is 5.63. The molecule has 21 heavy (non-hydrogen) atoms. The van der Waals surface area contributed by atoms with Gasteiger partial charge in [0, 0.05) is 10.9 Å². The summed E-state index contributed by atoms with van der Waals surface area (Å²) in [7, 11) is 0. The minimum atomic E-state index is -1.00. The molecule has 1 N–H and O–H groups in total. The van der Waals surface area contributed by atoms with Crippen molar-refractivity contribution in [3.05, 3.63) is 58.6 Å². The maximum Gasteiger partial charge on any atom is 0.339 e. The van der Waals surface area contributed by atoms with Crippen LogP contribution < -0.4 is 9.47 Å². The molecule has 0 heterocycles. The minimum absolute atomic E-state index is 0.155. The zero-order valence-corrected chi connectivity index (χ0v) is 12.9. The normalized spacial score (nSPS) is 10.1. The fraction of sp³-hybridized carbons (Fsp3) is 0.188. The highest BCUT2D eigenvalue weighted by atomic mass is 79.9. The molecule has 0 fully saturated rings. The number of carboxylic acids is 1. The van der Waals surface area contributed by atoms with Gasteiger partial charge in [0.15, 0.2) is 0 Å². The van der Waals surface area contributed by atoms with E-state index < -0.39 is 5.97 Å². The Morgan fingerprint density at radius 1 is 1.05 bits per heavy atom. The largest absolute Gasteiger partial charge is 0.493 e. The topological polar surface area (TPSA) is 55.8 Å². The zero-order chi connectivity index (χ0) is 15.1. The third kappa shape index (κ3) is 4.79. The van der Waals surface area contributed by atoms with Crippen molar-refractivity contribution in [3.8, 4) is 11.5 Å². The fourth-order valence-electron chi connectivity index (χ4n) is 1.74. The number of hydrogen-bond donors (Lipinski definition) is 1. The molecule has 110 valence electrons. The average Bonchev–Trinajstić information content (AvgIpc) is 2.48. The van der Waals surface area contributed by atoms with E-state index in [-0.39, 0.29) is 5.56 Å². The summed E-state index contributed by atoms with van der Waals surface area (Å²) in [6.45, 7) is 0.907. The number of rotatable bonds is 7. The summed E-state index contributed by atoms with van der Waals surface area (Å²) in [4.78, 5) is 11.1. The van der Waals surface area contributed by atoms with Gasteiger partial charge in [-0.25, -0.2) is 4.79 Å². The number of ether oxygens (including phenoxy) is 2. The molecule has 4 nitrogen and oxygen atoms in total. The van der Waals surface area contributed by atoms with Gasteiger partial charge in [0.25, 0.3) is 0 Å². The first-order chi connectivity index (χ1) is 10.2. The molecule has 5 heteroatoms. The standard InChI is InChI=1S/C16H15BrO4/c17-12-7-8-14(16(18)19)15(11-12)21-10-4-9-20-13-5-2-1-3-6-13/h1-3,5-8,11H,4,9-10H2,(H,18,19). The van der Waals surface area contributed by atoms with Crippen LogP contribution in [0.4, 0.5) is 0 Å². The molecule has 0 amide bonds. The smallest absolute Gasteiger partial charge is 0.339 e. The van der Waals surface area contributed by atoms with Crippen LogP contribution in [0.2, 0.25) is 0 Å². The van der Waals surface area contributed by atoms with E-state index in [0.29, 0.717) is 25.4 Å². The Labute approximate surface area is 131 Å². The van der Waals surface area contributed by atoms with Gasteiger partial charge >= 0.3 is 5.97 Å². The molecule has 0 saturated heterocycles. The van der Waals surface area contributed by atoms with Crippen LogP contribution in [-0.2, 0) is 0 Å². The van der Waals surface area contributed by atoms with Crippen LogP contribution in [0.25, 0.3) is 0 Å². The molecule has 0 saturated carbocycles. The van der Waals surface area contributed by atoms with Crippen molar-refractivity contribution in [1.82, 2.24) is 0 Å². The van der Waals surface area contributed by atoms with Crippen LogP contribution in [0.5, 0.6) is 11.5 Å². The predicted octanol–water partition coefficient (Wildman–Crippen LogP) is 4.00. The quantitative estimate of drug-likeness (QED) is 0.767. The van der Waals surface area contributed by atoms with Gasteiger partial charge in [-0.2, -0.15) is 0 Å². The zero-order valence-electron chi connectivity index (χ0n) is 11.3. The van der Waals surface area contributed by atoms with Crippen molar-refractivity contribution >= 4 is 21.9 Å². The van der Waals surface area contributed by atoms with Gasteiger partial charge in [-0.15, -0.1) is 0 Å². The minimum Gasteiger partial charge on any atom is -0.493 e. The Balaban J connectivity index is 1.81. The van der Waals surface area contributed by atoms with Gasteiger partial charge in [0.2, 0.25) is 0 Å². The summed E-state index contributed by atoms with van der Waals surface area (Å²) >= 11 is 3.30. The molecule has 2 aromatic carbocycles. The second-order valence-electron chi connectivity index (χ2n) is 4.31. The maximum atomic E-state index is 11.1. The molecule has 0 radical (unpaired) electrons. The molecule has 0 aliphatic heterocycles. The predicted molar refractivity (Wildman–Crippen MR) is 83.2 cm³/mol. The second kappa shape index (κ2) is 7.69. The molecule has 0 atom stereocenters. The molecule has 2 aromatic rings. The summed E-state index contributed by atoms with van der Waals surface area (Å²) in [5.41, 5.74) is 0.155. The van der Waals surface area contributed by atoms with Gasteiger partial charge in [-0.05, 0) is 30.3 Å². The number of carbonyl (C=O) groups is 1. The van der Waals surface area contributed by atoms with E-state index in [9.17, 15) is 4.79 Å². The molecular weight excluding hydrogens is 336 g/mol. The molecule has 2 rings (SSSR count). The van der Waals surface area contributed by atoms with Crippen molar-refractivity contribution in [2.75, 3.05) is 13.2 Å². The first-order valence-electron chi connectivity index (χ1n) is 6.50. The Morgan fingerprint density at radius 2 is 1.76 bits per heavy atom. The molecule has 0 aromatic heterocycles. The van der Waals surface area contributed by atoms with E-state index in [1.807, 2.05) is 30.3 Å². The maximum absolute atomic E-state index is 11.1. The summed E-state index contributed by atoms with van der Waals surface area (Å²) in [5.74, 6) is 0.167. The van der Waals surface area contributed by atoms with E-state index in [1.54, 1.807) is 12.1 Å². The van der Waals surface area contributed by atoms with E-state index in [4.69, 9.17) is 14.6 Å². The first-order valence-corrected chi connectivity index (χ1v) is 7.29. The van der Waals surface area contributed by atoms with Gasteiger partial charge < -0.3 is 14.6 Å². The van der Waals surface area contributed by atoms with Gasteiger partial charge in [-0.3, -0.25) is 0 Å². The number of carboxylic acid groups (broad SMARTS) is 1. The highest BCUT2D eigenvalue weighted by molar-refractivity contribution is 9.10. The number of para-hydroxylation sites is 1. The van der Waals surface area contributed by atoms with Crippen LogP contribution in [0, 0.1) is 0 Å². The van der Waals surface area contributed by atoms with Crippen LogP contribution in [0.3, 0.4) is 0 Å². The van der Waals surface area contributed by atoms with Crippen molar-refractivity contribution in [2.45, 2.75) is 6.42 Å². The SMILES string of the molecule is O=C(O)c1ccc(Br)cc1OCCCOc1ccccc1. The Hall–Kier alpha value is -2.01. The second-order valence-corrected chi connectivity index (χ2v) is 5.22. The van der Waals surface area contributed by atoms with Crippen molar-refractivity contribution in [2.24, 2.45) is 0 Å². The van der Waals surface area contributed by atoms with E-state index in [0.717, 1.165) is 10.2 Å². The van der Waals surface area contributed by atoms with E-state index in [2.05, 4.69) is 15.9 Å². The van der Waals surface area contributed by atoms with Gasteiger partial charge in [-0.1, -0.05) is 34.1 Å². The summed E-state index contributed by atoms with van der Waals surface area (Å²) in [5, 5.41) is 9.09. The molecule has 0 aliphatic rings. The number of halogens is 1. The lowest BCUT2D eigenvalue weighted by molar-refractivity contribution is 0.0692. The average molecular weight is 351 g/mol. The number of benzene rings is 2. The van der Waals surface area contributed by atoms with Gasteiger partial charge in [0.1, 0.15) is 17.1 Å². The van der Waals surface area contributed by atoms with Crippen LogP contribution in [0.15, 0.2) is 53.0 Å². The van der Waals surface area contributed by atoms with Crippen LogP contribution in [0.1, 0.15) is 16.8 Å². The molecule has 0 bridgehead atoms. The first kappa shape index (κ1) is 15.4. The lowest BCUT2D eigenvalue weighted by Gasteiger charge is -2.10. The summed E-state index contributed by atoms with van der Waals surface area (Å²) < 4.78 is 11.8. The molecule has 0 aliphatic carbocycles. The third-order valence-corrected chi connectivity index (χ3v) is 3.23. The number of aromatic carboxylic acids is 1. The van der Waals surface area contributed by atoms with Crippen LogP contribution >= 0.6 is 15.9 Å². The lowest BCUT2D eigenvalue weighted by Crippen LogP contribution is -2.08. The third-order valence-electron chi connectivity index (χ3n) is 2.73. The molecule has 0 unspecified atom stereocenters. The summed E-state index contributed by atoms with van der Waals surface area (Å²) in [6.07, 6.45) is 0.667. The molecular formula is C16H15BrO4. The van der Waals surface area contributed by atoms with Crippen molar-refractivity contribution in [1.29, 1.82) is 0 Å². The highest BCUT2D eigenvalue weighted by Crippen LogP contribution is 2.24. The van der Waals surface area contributed by atoms with E-state index >= 15 is 0 Å². The monoisotopic (exact) mass is 350 g/mol. The Morgan fingerprint density at radius 3 is 2.48 bits per heavy atom. The van der Waals surface area contributed by atoms with Crippen LogP contribution in [-0.4, -0.2) is 24.3 Å². The summed E-state index contributed by atoms with van der Waals surface area (Å²) in [6, 6.07) is 14.4.